The average Bonchev–Trinajstić information content (AvgIpc) is 3.03. The lowest BCUT2D eigenvalue weighted by molar-refractivity contribution is -0.138. The molecule has 0 unspecified atom stereocenters. The molecule has 0 aliphatic carbocycles. The Kier molecular flexibility index (Phi) is 7.86. The molecular formula is C20H26N2O3S2. The van der Waals surface area contributed by atoms with Gasteiger partial charge in [-0.1, -0.05) is 0 Å². The van der Waals surface area contributed by atoms with Crippen molar-refractivity contribution in [2.24, 2.45) is 0 Å². The maximum atomic E-state index is 12.3. The summed E-state index contributed by atoms with van der Waals surface area (Å²) in [4.78, 5) is 31.7. The highest BCUT2D eigenvalue weighted by atomic mass is 32.2. The summed E-state index contributed by atoms with van der Waals surface area (Å²) in [6.07, 6.45) is 0. The number of thioether (sulfide) groups is 1. The van der Waals surface area contributed by atoms with Crippen LogP contribution in [0.4, 0.5) is 0 Å². The van der Waals surface area contributed by atoms with Gasteiger partial charge in [-0.25, -0.2) is 9.78 Å². The predicted octanol–water partition coefficient (Wildman–Crippen LogP) is 4.55. The Morgan fingerprint density at radius 1 is 1.15 bits per heavy atom. The normalized spacial score (nSPS) is 11.1. The lowest BCUT2D eigenvalue weighted by Crippen LogP contribution is -2.44. The summed E-state index contributed by atoms with van der Waals surface area (Å²) in [6, 6.07) is 7.35. The van der Waals surface area contributed by atoms with Crippen LogP contribution in [0.3, 0.4) is 0 Å². The monoisotopic (exact) mass is 406 g/mol. The number of carbonyl (C=O) groups excluding carboxylic acids is 2. The minimum absolute atomic E-state index is 0.0639. The van der Waals surface area contributed by atoms with Crippen LogP contribution in [0.1, 0.15) is 48.8 Å². The number of ether oxygens (including phenoxy) is 1. The van der Waals surface area contributed by atoms with E-state index in [9.17, 15) is 9.59 Å². The first-order chi connectivity index (χ1) is 12.8. The van der Waals surface area contributed by atoms with Crippen LogP contribution in [-0.2, 0) is 15.3 Å². The molecule has 1 amide bonds. The second kappa shape index (κ2) is 9.90. The fourth-order valence-corrected chi connectivity index (χ4v) is 4.29. The predicted molar refractivity (Wildman–Crippen MR) is 110 cm³/mol. The van der Waals surface area contributed by atoms with Gasteiger partial charge in [-0.15, -0.1) is 23.1 Å². The zero-order chi connectivity index (χ0) is 20.0. The average molecular weight is 407 g/mol. The standard InChI is InChI=1S/C20H26N2O3S2/c1-13(2)22(14(3)4)19(23)10-25-20(24)16-6-8-18(9-7-16)27-12-17-11-26-15(5)21-17/h6-9,11,13-14H,10,12H2,1-5H3. The molecule has 146 valence electrons. The second-order valence-corrected chi connectivity index (χ2v) is 8.85. The molecule has 2 rings (SSSR count). The van der Waals surface area contributed by atoms with Gasteiger partial charge < -0.3 is 9.64 Å². The first-order valence-electron chi connectivity index (χ1n) is 8.90. The number of rotatable bonds is 8. The van der Waals surface area contributed by atoms with Crippen LogP contribution in [0, 0.1) is 6.92 Å². The van der Waals surface area contributed by atoms with E-state index < -0.39 is 5.97 Å². The molecular weight excluding hydrogens is 380 g/mol. The third kappa shape index (κ3) is 6.36. The molecule has 27 heavy (non-hydrogen) atoms. The molecule has 5 nitrogen and oxygen atoms in total. The van der Waals surface area contributed by atoms with Gasteiger partial charge in [0.1, 0.15) is 0 Å². The number of carbonyl (C=O) groups is 2. The van der Waals surface area contributed by atoms with Gasteiger partial charge in [0.05, 0.1) is 16.3 Å². The molecule has 0 fully saturated rings. The maximum absolute atomic E-state index is 12.3. The van der Waals surface area contributed by atoms with Crippen LogP contribution in [0.15, 0.2) is 34.5 Å². The number of hydrogen-bond donors (Lipinski definition) is 0. The number of benzene rings is 1. The van der Waals surface area contributed by atoms with Crippen molar-refractivity contribution in [2.75, 3.05) is 6.61 Å². The van der Waals surface area contributed by atoms with Crippen LogP contribution < -0.4 is 0 Å². The van der Waals surface area contributed by atoms with Crippen molar-refractivity contribution in [1.29, 1.82) is 0 Å². The maximum Gasteiger partial charge on any atom is 0.338 e. The summed E-state index contributed by atoms with van der Waals surface area (Å²) >= 11 is 3.31. The molecule has 1 aromatic carbocycles. The van der Waals surface area contributed by atoms with Gasteiger partial charge in [0.15, 0.2) is 6.61 Å². The quantitative estimate of drug-likeness (QED) is 0.476. The van der Waals surface area contributed by atoms with Crippen molar-refractivity contribution < 1.29 is 14.3 Å². The lowest BCUT2D eigenvalue weighted by atomic mass is 10.2. The van der Waals surface area contributed by atoms with Gasteiger partial charge >= 0.3 is 5.97 Å². The number of thiazole rings is 1. The van der Waals surface area contributed by atoms with Crippen LogP contribution in [0.5, 0.6) is 0 Å². The van der Waals surface area contributed by atoms with E-state index in [-0.39, 0.29) is 24.6 Å². The van der Waals surface area contributed by atoms with Crippen LogP contribution in [0.2, 0.25) is 0 Å². The Hall–Kier alpha value is -1.86. The summed E-state index contributed by atoms with van der Waals surface area (Å²) in [5.41, 5.74) is 1.50. The van der Waals surface area contributed by atoms with E-state index in [1.165, 1.54) is 0 Å². The minimum Gasteiger partial charge on any atom is -0.452 e. The van der Waals surface area contributed by atoms with E-state index in [1.54, 1.807) is 40.1 Å². The van der Waals surface area contributed by atoms with Crippen molar-refractivity contribution in [3.8, 4) is 0 Å². The molecule has 7 heteroatoms. The van der Waals surface area contributed by atoms with E-state index in [2.05, 4.69) is 10.4 Å². The number of aryl methyl sites for hydroxylation is 1. The van der Waals surface area contributed by atoms with Crippen molar-refractivity contribution in [3.05, 3.63) is 45.9 Å². The number of nitrogens with zero attached hydrogens (tertiary/aromatic N) is 2. The van der Waals surface area contributed by atoms with Gasteiger partial charge in [0.25, 0.3) is 5.91 Å². The van der Waals surface area contributed by atoms with E-state index in [4.69, 9.17) is 4.74 Å². The lowest BCUT2D eigenvalue weighted by Gasteiger charge is -2.30. The molecule has 0 aliphatic heterocycles. The fourth-order valence-electron chi connectivity index (χ4n) is 2.78. The highest BCUT2D eigenvalue weighted by Gasteiger charge is 2.21. The van der Waals surface area contributed by atoms with Gasteiger partial charge in [-0.3, -0.25) is 4.79 Å². The zero-order valence-corrected chi connectivity index (χ0v) is 18.0. The van der Waals surface area contributed by atoms with Crippen molar-refractivity contribution in [3.63, 3.8) is 0 Å². The minimum atomic E-state index is -0.484. The molecule has 0 N–H and O–H groups in total. The van der Waals surface area contributed by atoms with Crippen LogP contribution in [0.25, 0.3) is 0 Å². The van der Waals surface area contributed by atoms with Crippen molar-refractivity contribution in [2.45, 2.75) is 57.4 Å². The van der Waals surface area contributed by atoms with Crippen molar-refractivity contribution in [1.82, 2.24) is 9.88 Å². The first kappa shape index (κ1) is 21.4. The van der Waals surface area contributed by atoms with E-state index >= 15 is 0 Å². The van der Waals surface area contributed by atoms with Gasteiger partial charge in [-0.05, 0) is 58.9 Å². The summed E-state index contributed by atoms with van der Waals surface area (Å²) in [5, 5.41) is 3.12. The Morgan fingerprint density at radius 2 is 1.78 bits per heavy atom. The Morgan fingerprint density at radius 3 is 2.30 bits per heavy atom. The molecule has 0 radical (unpaired) electrons. The molecule has 1 heterocycles. The van der Waals surface area contributed by atoms with Gasteiger partial charge in [0.2, 0.25) is 0 Å². The molecule has 0 saturated carbocycles. The molecule has 0 spiro atoms. The van der Waals surface area contributed by atoms with Gasteiger partial charge in [-0.2, -0.15) is 0 Å². The summed E-state index contributed by atoms with van der Waals surface area (Å²) in [5.74, 6) is 0.129. The van der Waals surface area contributed by atoms with E-state index in [0.29, 0.717) is 5.56 Å². The summed E-state index contributed by atoms with van der Waals surface area (Å²) < 4.78 is 5.20. The first-order valence-corrected chi connectivity index (χ1v) is 10.8. The molecule has 2 aromatic rings. The Labute approximate surface area is 169 Å². The number of amides is 1. The van der Waals surface area contributed by atoms with Crippen LogP contribution >= 0.6 is 23.1 Å². The summed E-state index contributed by atoms with van der Waals surface area (Å²) in [7, 11) is 0. The Balaban J connectivity index is 1.86. The molecule has 0 bridgehead atoms. The largest absolute Gasteiger partial charge is 0.452 e. The number of esters is 1. The highest BCUT2D eigenvalue weighted by molar-refractivity contribution is 7.98. The second-order valence-electron chi connectivity index (χ2n) is 6.74. The SMILES string of the molecule is Cc1nc(CSc2ccc(C(=O)OCC(=O)N(C(C)C)C(C)C)cc2)cs1. The number of aromatic nitrogens is 1. The number of hydrogen-bond acceptors (Lipinski definition) is 6. The molecule has 0 saturated heterocycles. The highest BCUT2D eigenvalue weighted by Crippen LogP contribution is 2.24. The van der Waals surface area contributed by atoms with Gasteiger partial charge in [0, 0.05) is 28.1 Å². The molecule has 0 aliphatic rings. The van der Waals surface area contributed by atoms with Crippen LogP contribution in [-0.4, -0.2) is 40.5 Å². The summed E-state index contributed by atoms with van der Waals surface area (Å²) in [6.45, 7) is 9.54. The Bertz CT molecular complexity index is 762. The molecule has 1 aromatic heterocycles. The zero-order valence-electron chi connectivity index (χ0n) is 16.4. The van der Waals surface area contributed by atoms with E-state index in [0.717, 1.165) is 21.3 Å². The topological polar surface area (TPSA) is 59.5 Å². The third-order valence-electron chi connectivity index (χ3n) is 3.87. The third-order valence-corrected chi connectivity index (χ3v) is 5.74. The van der Waals surface area contributed by atoms with Crippen molar-refractivity contribution >= 4 is 35.0 Å². The van der Waals surface area contributed by atoms with E-state index in [1.807, 2.05) is 46.8 Å². The smallest absolute Gasteiger partial charge is 0.338 e. The fraction of sp³-hybridized carbons (Fsp3) is 0.450. The molecule has 0 atom stereocenters.